The smallest absolute Gasteiger partial charge is 0.312 e. The summed E-state index contributed by atoms with van der Waals surface area (Å²) in [5.41, 5.74) is 15.9. The molecule has 7 atom stereocenters. The molecule has 2 fully saturated rings. The van der Waals surface area contributed by atoms with E-state index in [2.05, 4.69) is 26.0 Å². The van der Waals surface area contributed by atoms with Crippen LogP contribution >= 0.6 is 0 Å². The number of benzene rings is 2. The normalized spacial score (nSPS) is 16.7. The third-order valence-corrected chi connectivity index (χ3v) is 16.2. The number of hydrogen-bond acceptors (Lipinski definition) is 15. The number of nitrogens with zero attached hydrogens (tertiary/aromatic N) is 7. The number of hydrogen-bond donors (Lipinski definition) is 4. The van der Waals surface area contributed by atoms with Crippen LogP contribution in [0, 0.1) is 35.5 Å². The van der Waals surface area contributed by atoms with Gasteiger partial charge in [-0.2, -0.15) is 0 Å². The van der Waals surface area contributed by atoms with E-state index in [1.54, 1.807) is 29.0 Å². The van der Waals surface area contributed by atoms with Gasteiger partial charge in [-0.05, 0) is 111 Å². The number of nitrogens with one attached hydrogen (secondary N) is 3. The van der Waals surface area contributed by atoms with Gasteiger partial charge in [-0.3, -0.25) is 43.3 Å². The number of ether oxygens (including phenoxy) is 4. The predicted molar refractivity (Wildman–Crippen MR) is 332 cm³/mol. The Morgan fingerprint density at radius 1 is 0.682 bits per heavy atom. The van der Waals surface area contributed by atoms with E-state index < -0.39 is 47.9 Å². The number of azide groups is 1. The zero-order valence-electron chi connectivity index (χ0n) is 53.8. The number of amides is 7. The fraction of sp³-hybridized carbons (Fsp3) is 0.672. The lowest BCUT2D eigenvalue weighted by molar-refractivity contribution is -0.154. The quantitative estimate of drug-likeness (QED) is 0.0265. The molecule has 88 heavy (non-hydrogen) atoms. The third-order valence-electron chi connectivity index (χ3n) is 16.2. The molecule has 4 rings (SSSR count). The molecule has 24 heteroatoms. The topological polar surface area (TPSA) is 314 Å². The Kier molecular flexibility index (Phi) is 31.5. The minimum atomic E-state index is -0.902. The summed E-state index contributed by atoms with van der Waals surface area (Å²) in [6.07, 6.45) is 2.72. The van der Waals surface area contributed by atoms with Crippen molar-refractivity contribution >= 4 is 52.9 Å². The van der Waals surface area contributed by atoms with Gasteiger partial charge in [0.1, 0.15) is 37.1 Å². The molecule has 2 saturated heterocycles. The number of urea groups is 1. The maximum atomic E-state index is 14.6. The maximum Gasteiger partial charge on any atom is 0.312 e. The summed E-state index contributed by atoms with van der Waals surface area (Å²) >= 11 is 0. The second kappa shape index (κ2) is 37.8. The zero-order valence-corrected chi connectivity index (χ0v) is 53.8. The molecule has 0 radical (unpaired) electrons. The third kappa shape index (κ3) is 23.5. The van der Waals surface area contributed by atoms with Crippen molar-refractivity contribution in [2.75, 3.05) is 87.0 Å². The van der Waals surface area contributed by atoms with Crippen molar-refractivity contribution < 1.29 is 62.1 Å². The molecule has 0 spiro atoms. The van der Waals surface area contributed by atoms with Gasteiger partial charge in [-0.1, -0.05) is 96.9 Å². The Morgan fingerprint density at radius 2 is 1.26 bits per heavy atom. The summed E-state index contributed by atoms with van der Waals surface area (Å²) in [6.45, 7) is 17.9. The van der Waals surface area contributed by atoms with E-state index in [1.165, 1.54) is 4.90 Å². The molecular weight excluding hydrogens is 1130 g/mol. The molecule has 2 aromatic rings. The Morgan fingerprint density at radius 3 is 1.85 bits per heavy atom. The summed E-state index contributed by atoms with van der Waals surface area (Å²) in [6, 6.07) is 10.3. The molecular formula is C64H99N11O13. The minimum Gasteiger partial charge on any atom is -0.489 e. The molecule has 7 amide bonds. The van der Waals surface area contributed by atoms with Crippen molar-refractivity contribution in [2.24, 2.45) is 46.4 Å². The van der Waals surface area contributed by atoms with Crippen molar-refractivity contribution in [3.63, 3.8) is 0 Å². The lowest BCUT2D eigenvalue weighted by Crippen LogP contribution is -2.58. The van der Waals surface area contributed by atoms with Gasteiger partial charge < -0.3 is 55.3 Å². The van der Waals surface area contributed by atoms with Crippen LogP contribution in [0.5, 0.6) is 5.75 Å². The molecule has 7 unspecified atom stereocenters. The number of carbonyl (C=O) groups excluding carboxylic acids is 9. The van der Waals surface area contributed by atoms with Crippen LogP contribution in [-0.4, -0.2) is 190 Å². The highest BCUT2D eigenvalue weighted by molar-refractivity contribution is 5.97. The number of likely N-dealkylation sites (N-methyl/N-ethyl adjacent to an activating group) is 2. The van der Waals surface area contributed by atoms with Gasteiger partial charge in [-0.25, -0.2) is 4.79 Å². The number of primary amides is 1. The average Bonchev–Trinajstić information content (AvgIpc) is 3.18. The van der Waals surface area contributed by atoms with Gasteiger partial charge in [0.05, 0.1) is 45.1 Å². The number of carbonyl (C=O) groups is 9. The van der Waals surface area contributed by atoms with Gasteiger partial charge in [0.25, 0.3) is 0 Å². The summed E-state index contributed by atoms with van der Waals surface area (Å²) in [5.74, 6) is -3.51. The van der Waals surface area contributed by atoms with Gasteiger partial charge >= 0.3 is 6.03 Å². The highest BCUT2D eigenvalue weighted by atomic mass is 16.5. The van der Waals surface area contributed by atoms with E-state index in [1.807, 2.05) is 111 Å². The SMILES string of the molecule is CC(C)C(CC(=O)COCCOCCOCCN=[N+]=[N-])C(=O)NC(CCCNC(N)=O)C(=O)Cc1ccc(COc2ccc(CNC(=O)C3CCCN3C(=O)C3CCCN3C(=O)C(C(C)C)N(C)C(=O)C(CC(=O)C(C(C)C)N(C)C)C(C)C)cc2)cc1. The van der Waals surface area contributed by atoms with Crippen LogP contribution in [0.3, 0.4) is 0 Å². The van der Waals surface area contributed by atoms with Crippen LogP contribution in [0.1, 0.15) is 123 Å². The molecule has 0 aromatic heterocycles. The first-order chi connectivity index (χ1) is 41.9. The molecule has 2 aromatic carbocycles. The second-order valence-corrected chi connectivity index (χ2v) is 24.6. The van der Waals surface area contributed by atoms with E-state index in [4.69, 9.17) is 30.2 Å². The van der Waals surface area contributed by atoms with E-state index in [-0.39, 0.29) is 149 Å². The minimum absolute atomic E-state index is 0.00904. The summed E-state index contributed by atoms with van der Waals surface area (Å²) in [4.78, 5) is 132. The van der Waals surface area contributed by atoms with Gasteiger partial charge in [0, 0.05) is 75.8 Å². The van der Waals surface area contributed by atoms with Crippen LogP contribution in [-0.2, 0) is 72.1 Å². The van der Waals surface area contributed by atoms with E-state index >= 15 is 0 Å². The van der Waals surface area contributed by atoms with Crippen molar-refractivity contribution in [3.8, 4) is 5.75 Å². The zero-order chi connectivity index (χ0) is 65.0. The summed E-state index contributed by atoms with van der Waals surface area (Å²) in [7, 11) is 5.35. The van der Waals surface area contributed by atoms with Crippen LogP contribution < -0.4 is 26.4 Å². The first kappa shape index (κ1) is 73.5. The Labute approximate surface area is 520 Å². The van der Waals surface area contributed by atoms with E-state index in [9.17, 15) is 43.2 Å². The van der Waals surface area contributed by atoms with Gasteiger partial charge in [-0.15, -0.1) is 0 Å². The number of likely N-dealkylation sites (tertiary alicyclic amines) is 2. The van der Waals surface area contributed by atoms with Crippen LogP contribution in [0.15, 0.2) is 53.6 Å². The molecule has 0 aliphatic carbocycles. The highest BCUT2D eigenvalue weighted by Gasteiger charge is 2.46. The first-order valence-electron chi connectivity index (χ1n) is 31.1. The van der Waals surface area contributed by atoms with Crippen molar-refractivity contribution in [2.45, 2.75) is 157 Å². The number of nitrogens with two attached hydrogens (primary N) is 1. The van der Waals surface area contributed by atoms with E-state index in [0.29, 0.717) is 69.7 Å². The molecule has 24 nitrogen and oxygen atoms in total. The monoisotopic (exact) mass is 1230 g/mol. The standard InChI is InChI=1S/C64H99N11O13/c1-41(2)50(36-48(76)40-87-34-33-86-32-31-85-30-27-69-71-66)59(79)70-52(15-12-26-67-64(65)84)55(77)35-45-18-20-47(21-19-45)39-88-49-24-22-46(23-25-49)38-68-60(80)53-16-13-28-74(53)62(82)54-17-14-29-75(54)63(83)58(44(7)8)73(11)61(81)51(42(3)4)37-56(78)57(43(5)6)72(9)10/h18-25,41-44,50-54,57-58H,12-17,26-40H2,1-11H3,(H,68,80)(H,70,79)(H3,65,67,84). The number of rotatable bonds is 40. The molecule has 2 heterocycles. The number of ketones is 3. The van der Waals surface area contributed by atoms with E-state index in [0.717, 1.165) is 11.1 Å². The van der Waals surface area contributed by atoms with Crippen molar-refractivity contribution in [1.82, 2.24) is 35.6 Å². The van der Waals surface area contributed by atoms with Crippen LogP contribution in [0.4, 0.5) is 4.79 Å². The Balaban J connectivity index is 1.28. The summed E-state index contributed by atoms with van der Waals surface area (Å²) < 4.78 is 22.2. The fourth-order valence-corrected chi connectivity index (χ4v) is 11.5. The molecule has 2 aliphatic rings. The largest absolute Gasteiger partial charge is 0.489 e. The van der Waals surface area contributed by atoms with Crippen molar-refractivity contribution in [3.05, 3.63) is 75.7 Å². The predicted octanol–water partition coefficient (Wildman–Crippen LogP) is 5.80. The van der Waals surface area contributed by atoms with Crippen LogP contribution in [0.2, 0.25) is 0 Å². The molecule has 0 bridgehead atoms. The Hall–Kier alpha value is -6.98. The summed E-state index contributed by atoms with van der Waals surface area (Å²) in [5, 5.41) is 11.8. The second-order valence-electron chi connectivity index (χ2n) is 24.6. The van der Waals surface area contributed by atoms with Crippen molar-refractivity contribution in [1.29, 1.82) is 0 Å². The number of Topliss-reactive ketones (excluding diaryl/α,β-unsaturated/α-hetero) is 3. The van der Waals surface area contributed by atoms with Gasteiger partial charge in [0.2, 0.25) is 29.5 Å². The average molecular weight is 1230 g/mol. The lowest BCUT2D eigenvalue weighted by Gasteiger charge is -2.38. The first-order valence-corrected chi connectivity index (χ1v) is 31.1. The molecule has 5 N–H and O–H groups in total. The van der Waals surface area contributed by atoms with Crippen LogP contribution in [0.25, 0.3) is 10.4 Å². The van der Waals surface area contributed by atoms with Gasteiger partial charge in [0.15, 0.2) is 17.3 Å². The molecule has 0 saturated carbocycles. The molecule has 2 aliphatic heterocycles. The molecule has 488 valence electrons. The highest BCUT2D eigenvalue weighted by Crippen LogP contribution is 2.30. The maximum absolute atomic E-state index is 14.6. The lowest BCUT2D eigenvalue weighted by atomic mass is 9.84. The fourth-order valence-electron chi connectivity index (χ4n) is 11.5. The Bertz CT molecular complexity index is 2640.